The van der Waals surface area contributed by atoms with E-state index in [1.165, 1.54) is 19.3 Å². The number of hydrogen-bond acceptors (Lipinski definition) is 1. The molecule has 1 saturated carbocycles. The Labute approximate surface area is 87.2 Å². The summed E-state index contributed by atoms with van der Waals surface area (Å²) in [5, 5.41) is 3.95. The Hall–Kier alpha value is 0.250. The molecule has 2 unspecified atom stereocenters. The van der Waals surface area contributed by atoms with E-state index in [9.17, 15) is 0 Å². The van der Waals surface area contributed by atoms with Crippen molar-refractivity contribution >= 4 is 11.6 Å². The van der Waals surface area contributed by atoms with Gasteiger partial charge in [-0.3, -0.25) is 0 Å². The van der Waals surface area contributed by atoms with Crippen LogP contribution in [-0.4, -0.2) is 18.0 Å². The molecule has 1 nitrogen and oxygen atoms in total. The summed E-state index contributed by atoms with van der Waals surface area (Å²) in [6, 6.07) is 0.645. The van der Waals surface area contributed by atoms with Gasteiger partial charge in [0.2, 0.25) is 0 Å². The molecule has 78 valence electrons. The minimum atomic E-state index is 0.373. The highest BCUT2D eigenvalue weighted by Crippen LogP contribution is 2.37. The first-order valence-corrected chi connectivity index (χ1v) is 5.84. The van der Waals surface area contributed by atoms with Crippen LogP contribution >= 0.6 is 11.6 Å². The van der Waals surface area contributed by atoms with Crippen molar-refractivity contribution in [1.29, 1.82) is 0 Å². The van der Waals surface area contributed by atoms with Gasteiger partial charge in [-0.2, -0.15) is 0 Å². The molecule has 0 bridgehead atoms. The zero-order valence-corrected chi connectivity index (χ0v) is 9.82. The van der Waals surface area contributed by atoms with Crippen molar-refractivity contribution in [2.45, 2.75) is 57.9 Å². The lowest BCUT2D eigenvalue weighted by Crippen LogP contribution is -2.41. The van der Waals surface area contributed by atoms with E-state index in [1.54, 1.807) is 0 Å². The lowest BCUT2D eigenvalue weighted by atomic mass is 9.75. The van der Waals surface area contributed by atoms with Gasteiger partial charge in [-0.05, 0) is 37.6 Å². The Morgan fingerprint density at radius 1 is 1.38 bits per heavy atom. The van der Waals surface area contributed by atoms with Crippen LogP contribution in [0.5, 0.6) is 0 Å². The molecule has 1 rings (SSSR count). The van der Waals surface area contributed by atoms with Gasteiger partial charge in [0.05, 0.1) is 0 Å². The number of nitrogens with one attached hydrogen (secondary N) is 1. The standard InChI is InChI=1S/C11H22ClN/c1-4-5-13-10-6-9(12)7-11(2,3)8-10/h9-10,13H,4-8H2,1-3H3. The molecule has 1 fully saturated rings. The van der Waals surface area contributed by atoms with Crippen LogP contribution in [0.4, 0.5) is 0 Å². The smallest absolute Gasteiger partial charge is 0.0356 e. The third-order valence-electron chi connectivity index (χ3n) is 2.80. The van der Waals surface area contributed by atoms with E-state index in [-0.39, 0.29) is 0 Å². The van der Waals surface area contributed by atoms with Crippen LogP contribution in [0.3, 0.4) is 0 Å². The quantitative estimate of drug-likeness (QED) is 0.695. The van der Waals surface area contributed by atoms with Gasteiger partial charge in [0.15, 0.2) is 0 Å². The molecule has 0 aromatic carbocycles. The molecule has 13 heavy (non-hydrogen) atoms. The van der Waals surface area contributed by atoms with Gasteiger partial charge in [-0.1, -0.05) is 20.8 Å². The summed E-state index contributed by atoms with van der Waals surface area (Å²) in [6.45, 7) is 7.98. The third-order valence-corrected chi connectivity index (χ3v) is 3.13. The molecule has 0 aromatic heterocycles. The van der Waals surface area contributed by atoms with Gasteiger partial charge in [0.25, 0.3) is 0 Å². The summed E-state index contributed by atoms with van der Waals surface area (Å²) in [7, 11) is 0. The van der Waals surface area contributed by atoms with Gasteiger partial charge in [0.1, 0.15) is 0 Å². The van der Waals surface area contributed by atoms with Crippen molar-refractivity contribution in [1.82, 2.24) is 5.32 Å². The number of halogens is 1. The van der Waals surface area contributed by atoms with Crippen molar-refractivity contribution in [3.8, 4) is 0 Å². The molecule has 0 heterocycles. The van der Waals surface area contributed by atoms with Gasteiger partial charge in [-0.15, -0.1) is 11.6 Å². The Morgan fingerprint density at radius 2 is 2.08 bits per heavy atom. The molecule has 2 atom stereocenters. The molecule has 1 aliphatic carbocycles. The van der Waals surface area contributed by atoms with Crippen molar-refractivity contribution in [2.24, 2.45) is 5.41 Å². The Balaban J connectivity index is 2.38. The van der Waals surface area contributed by atoms with Gasteiger partial charge in [-0.25, -0.2) is 0 Å². The van der Waals surface area contributed by atoms with E-state index in [0.717, 1.165) is 13.0 Å². The molecular weight excluding hydrogens is 182 g/mol. The zero-order chi connectivity index (χ0) is 9.90. The van der Waals surface area contributed by atoms with E-state index in [0.29, 0.717) is 16.8 Å². The van der Waals surface area contributed by atoms with Gasteiger partial charge in [0, 0.05) is 11.4 Å². The summed E-state index contributed by atoms with van der Waals surface area (Å²) >= 11 is 6.23. The monoisotopic (exact) mass is 203 g/mol. The molecule has 1 N–H and O–H groups in total. The van der Waals surface area contributed by atoms with Crippen molar-refractivity contribution in [3.63, 3.8) is 0 Å². The highest BCUT2D eigenvalue weighted by molar-refractivity contribution is 6.20. The zero-order valence-electron chi connectivity index (χ0n) is 9.07. The fraction of sp³-hybridized carbons (Fsp3) is 1.00. The molecular formula is C11H22ClN. The summed E-state index contributed by atoms with van der Waals surface area (Å²) in [5.74, 6) is 0. The average molecular weight is 204 g/mol. The maximum absolute atomic E-state index is 6.23. The summed E-state index contributed by atoms with van der Waals surface area (Å²) in [5.41, 5.74) is 0.427. The second-order valence-electron chi connectivity index (χ2n) is 5.06. The molecule has 0 saturated heterocycles. The van der Waals surface area contributed by atoms with Crippen molar-refractivity contribution in [3.05, 3.63) is 0 Å². The van der Waals surface area contributed by atoms with Crippen LogP contribution < -0.4 is 5.32 Å². The maximum Gasteiger partial charge on any atom is 0.0356 e. The Kier molecular flexibility index (Phi) is 4.06. The van der Waals surface area contributed by atoms with Crippen LogP contribution in [0.15, 0.2) is 0 Å². The first kappa shape index (κ1) is 11.3. The van der Waals surface area contributed by atoms with E-state index < -0.39 is 0 Å². The summed E-state index contributed by atoms with van der Waals surface area (Å²) < 4.78 is 0. The maximum atomic E-state index is 6.23. The SMILES string of the molecule is CCCNC1CC(Cl)CC(C)(C)C1. The third kappa shape index (κ3) is 3.86. The van der Waals surface area contributed by atoms with Crippen molar-refractivity contribution < 1.29 is 0 Å². The lowest BCUT2D eigenvalue weighted by Gasteiger charge is -2.38. The molecule has 0 aromatic rings. The van der Waals surface area contributed by atoms with E-state index in [2.05, 4.69) is 26.1 Å². The molecule has 0 amide bonds. The second-order valence-corrected chi connectivity index (χ2v) is 5.67. The normalized spacial score (nSPS) is 33.2. The van der Waals surface area contributed by atoms with Gasteiger partial charge < -0.3 is 5.32 Å². The molecule has 0 radical (unpaired) electrons. The average Bonchev–Trinajstić information content (AvgIpc) is 1.97. The predicted octanol–water partition coefficient (Wildman–Crippen LogP) is 3.17. The van der Waals surface area contributed by atoms with Crippen molar-refractivity contribution in [2.75, 3.05) is 6.54 Å². The van der Waals surface area contributed by atoms with E-state index >= 15 is 0 Å². The molecule has 0 spiro atoms. The minimum absolute atomic E-state index is 0.373. The number of rotatable bonds is 3. The molecule has 0 aliphatic heterocycles. The van der Waals surface area contributed by atoms with Crippen LogP contribution in [-0.2, 0) is 0 Å². The molecule has 2 heteroatoms. The van der Waals surface area contributed by atoms with E-state index in [1.807, 2.05) is 0 Å². The predicted molar refractivity (Wildman–Crippen MR) is 59.4 cm³/mol. The highest BCUT2D eigenvalue weighted by Gasteiger charge is 2.32. The first-order chi connectivity index (χ1) is 6.03. The fourth-order valence-corrected chi connectivity index (χ4v) is 2.96. The van der Waals surface area contributed by atoms with Crippen LogP contribution in [0.2, 0.25) is 0 Å². The highest BCUT2D eigenvalue weighted by atomic mass is 35.5. The van der Waals surface area contributed by atoms with Crippen LogP contribution in [0.1, 0.15) is 46.5 Å². The summed E-state index contributed by atoms with van der Waals surface area (Å²) in [6.07, 6.45) is 4.80. The lowest BCUT2D eigenvalue weighted by molar-refractivity contribution is 0.202. The molecule has 1 aliphatic rings. The topological polar surface area (TPSA) is 12.0 Å². The second kappa shape index (κ2) is 4.65. The number of hydrogen-bond donors (Lipinski definition) is 1. The van der Waals surface area contributed by atoms with Crippen LogP contribution in [0.25, 0.3) is 0 Å². The summed E-state index contributed by atoms with van der Waals surface area (Å²) in [4.78, 5) is 0. The largest absolute Gasteiger partial charge is 0.314 e. The van der Waals surface area contributed by atoms with Crippen LogP contribution in [0, 0.1) is 5.41 Å². The number of alkyl halides is 1. The van der Waals surface area contributed by atoms with E-state index in [4.69, 9.17) is 11.6 Å². The Bertz CT molecular complexity index is 156. The fourth-order valence-electron chi connectivity index (χ4n) is 2.33. The first-order valence-electron chi connectivity index (χ1n) is 5.41. The van der Waals surface area contributed by atoms with Gasteiger partial charge >= 0.3 is 0 Å². The minimum Gasteiger partial charge on any atom is -0.314 e. The Morgan fingerprint density at radius 3 is 2.62 bits per heavy atom.